The summed E-state index contributed by atoms with van der Waals surface area (Å²) in [4.78, 5) is 16.2. The highest BCUT2D eigenvalue weighted by Crippen LogP contribution is 2.19. The molecule has 0 radical (unpaired) electrons. The molecule has 0 aliphatic carbocycles. The Bertz CT molecular complexity index is 647. The summed E-state index contributed by atoms with van der Waals surface area (Å²) < 4.78 is 23.3. The largest absolute Gasteiger partial charge is 0.478 e. The Hall–Kier alpha value is -2.47. The number of ether oxygens (including phenoxy) is 2. The highest BCUT2D eigenvalue weighted by Gasteiger charge is 2.21. The van der Waals surface area contributed by atoms with Crippen molar-refractivity contribution in [1.82, 2.24) is 10.3 Å². The lowest BCUT2D eigenvalue weighted by atomic mass is 10.1. The van der Waals surface area contributed by atoms with E-state index in [1.54, 1.807) is 24.4 Å². The van der Waals surface area contributed by atoms with Gasteiger partial charge in [0.25, 0.3) is 0 Å². The second kappa shape index (κ2) is 8.24. The Balaban J connectivity index is 2.16. The number of esters is 1. The van der Waals surface area contributed by atoms with Gasteiger partial charge in [0, 0.05) is 18.3 Å². The fourth-order valence-electron chi connectivity index (χ4n) is 2.15. The monoisotopic (exact) mass is 318 g/mol. The zero-order valence-electron chi connectivity index (χ0n) is 13.1. The van der Waals surface area contributed by atoms with Crippen LogP contribution in [0.25, 0.3) is 0 Å². The summed E-state index contributed by atoms with van der Waals surface area (Å²) in [5.41, 5.74) is 1.45. The van der Waals surface area contributed by atoms with Gasteiger partial charge in [0.05, 0.1) is 13.7 Å². The minimum Gasteiger partial charge on any atom is -0.478 e. The standard InChI is InChI=1S/C17H19FN2O3/c1-3-23-16-13(5-4-10-19-16)11-20-15(17(21)22-2)12-6-8-14(18)9-7-12/h4-10,15,20H,3,11H2,1-2H3/t15-/m0/s1. The molecule has 2 aromatic rings. The Morgan fingerprint density at radius 2 is 2.04 bits per heavy atom. The summed E-state index contributed by atoms with van der Waals surface area (Å²) in [6.07, 6.45) is 1.65. The Labute approximate surface area is 134 Å². The van der Waals surface area contributed by atoms with Gasteiger partial charge in [0.1, 0.15) is 11.9 Å². The first-order chi connectivity index (χ1) is 11.2. The third-order valence-electron chi connectivity index (χ3n) is 3.27. The van der Waals surface area contributed by atoms with Crippen molar-refractivity contribution >= 4 is 5.97 Å². The van der Waals surface area contributed by atoms with Crippen molar-refractivity contribution in [3.8, 4) is 5.88 Å². The lowest BCUT2D eigenvalue weighted by molar-refractivity contribution is -0.143. The normalized spacial score (nSPS) is 11.8. The van der Waals surface area contributed by atoms with E-state index in [0.29, 0.717) is 24.6 Å². The smallest absolute Gasteiger partial charge is 0.327 e. The molecule has 0 saturated carbocycles. The summed E-state index contributed by atoms with van der Waals surface area (Å²) in [6.45, 7) is 2.74. The number of rotatable bonds is 7. The average molecular weight is 318 g/mol. The van der Waals surface area contributed by atoms with Crippen LogP contribution in [-0.2, 0) is 16.1 Å². The van der Waals surface area contributed by atoms with Crippen LogP contribution in [0.3, 0.4) is 0 Å². The Morgan fingerprint density at radius 1 is 1.30 bits per heavy atom. The molecular weight excluding hydrogens is 299 g/mol. The van der Waals surface area contributed by atoms with E-state index < -0.39 is 12.0 Å². The zero-order chi connectivity index (χ0) is 16.7. The van der Waals surface area contributed by atoms with Gasteiger partial charge in [-0.25, -0.2) is 14.2 Å². The quantitative estimate of drug-likeness (QED) is 0.795. The fourth-order valence-corrected chi connectivity index (χ4v) is 2.15. The number of halogens is 1. The molecule has 6 heteroatoms. The maximum atomic E-state index is 13.1. The van der Waals surface area contributed by atoms with Crippen LogP contribution in [-0.4, -0.2) is 24.7 Å². The first-order valence-electron chi connectivity index (χ1n) is 7.29. The molecule has 0 bridgehead atoms. The number of carbonyl (C=O) groups is 1. The number of methoxy groups -OCH3 is 1. The molecule has 0 spiro atoms. The number of hydrogen-bond acceptors (Lipinski definition) is 5. The molecule has 0 saturated heterocycles. The summed E-state index contributed by atoms with van der Waals surface area (Å²) in [5.74, 6) is -0.285. The van der Waals surface area contributed by atoms with Crippen molar-refractivity contribution in [1.29, 1.82) is 0 Å². The van der Waals surface area contributed by atoms with E-state index in [-0.39, 0.29) is 5.82 Å². The van der Waals surface area contributed by atoms with E-state index in [1.165, 1.54) is 19.2 Å². The highest BCUT2D eigenvalue weighted by atomic mass is 19.1. The molecule has 122 valence electrons. The van der Waals surface area contributed by atoms with Gasteiger partial charge in [-0.15, -0.1) is 0 Å². The van der Waals surface area contributed by atoms with Crippen LogP contribution in [0.4, 0.5) is 4.39 Å². The van der Waals surface area contributed by atoms with Gasteiger partial charge >= 0.3 is 5.97 Å². The van der Waals surface area contributed by atoms with Crippen LogP contribution in [0, 0.1) is 5.82 Å². The van der Waals surface area contributed by atoms with E-state index in [1.807, 2.05) is 13.0 Å². The summed E-state index contributed by atoms with van der Waals surface area (Å²) in [7, 11) is 1.32. The molecule has 1 N–H and O–H groups in total. The van der Waals surface area contributed by atoms with Gasteiger partial charge < -0.3 is 9.47 Å². The van der Waals surface area contributed by atoms with Gasteiger partial charge in [-0.2, -0.15) is 0 Å². The van der Waals surface area contributed by atoms with Gasteiger partial charge in [-0.1, -0.05) is 18.2 Å². The van der Waals surface area contributed by atoms with E-state index >= 15 is 0 Å². The molecular formula is C17H19FN2O3. The summed E-state index contributed by atoms with van der Waals surface area (Å²) in [5, 5.41) is 3.10. The number of carbonyl (C=O) groups excluding carboxylic acids is 1. The molecule has 23 heavy (non-hydrogen) atoms. The van der Waals surface area contributed by atoms with Crippen molar-refractivity contribution in [2.45, 2.75) is 19.5 Å². The van der Waals surface area contributed by atoms with Crippen LogP contribution in [0.15, 0.2) is 42.6 Å². The lowest BCUT2D eigenvalue weighted by Crippen LogP contribution is -2.29. The minimum absolute atomic E-state index is 0.358. The Kier molecular flexibility index (Phi) is 6.05. The minimum atomic E-state index is -0.699. The van der Waals surface area contributed by atoms with E-state index in [4.69, 9.17) is 9.47 Å². The number of hydrogen-bond donors (Lipinski definition) is 1. The molecule has 5 nitrogen and oxygen atoms in total. The predicted molar refractivity (Wildman–Crippen MR) is 83.4 cm³/mol. The van der Waals surface area contributed by atoms with Gasteiger partial charge in [-0.3, -0.25) is 5.32 Å². The van der Waals surface area contributed by atoms with Crippen molar-refractivity contribution in [3.05, 3.63) is 59.5 Å². The van der Waals surface area contributed by atoms with Gasteiger partial charge in [0.2, 0.25) is 5.88 Å². The number of nitrogens with zero attached hydrogens (tertiary/aromatic N) is 1. The maximum absolute atomic E-state index is 13.1. The van der Waals surface area contributed by atoms with Crippen molar-refractivity contribution in [2.24, 2.45) is 0 Å². The molecule has 0 amide bonds. The van der Waals surface area contributed by atoms with E-state index in [2.05, 4.69) is 10.3 Å². The SMILES string of the molecule is CCOc1ncccc1CN[C@H](C(=O)OC)c1ccc(F)cc1. The second-order valence-electron chi connectivity index (χ2n) is 4.79. The van der Waals surface area contributed by atoms with Crippen LogP contribution >= 0.6 is 0 Å². The molecule has 0 aliphatic heterocycles. The topological polar surface area (TPSA) is 60.5 Å². The fraction of sp³-hybridized carbons (Fsp3) is 0.294. The van der Waals surface area contributed by atoms with Gasteiger partial charge in [0.15, 0.2) is 0 Å². The lowest BCUT2D eigenvalue weighted by Gasteiger charge is -2.18. The van der Waals surface area contributed by atoms with E-state index in [9.17, 15) is 9.18 Å². The second-order valence-corrected chi connectivity index (χ2v) is 4.79. The summed E-state index contributed by atoms with van der Waals surface area (Å²) in [6, 6.07) is 8.68. The number of aromatic nitrogens is 1. The predicted octanol–water partition coefficient (Wildman–Crippen LogP) is 2.62. The number of pyridine rings is 1. The first kappa shape index (κ1) is 16.9. The molecule has 1 heterocycles. The van der Waals surface area contributed by atoms with Crippen LogP contribution in [0.5, 0.6) is 5.88 Å². The molecule has 0 aliphatic rings. The van der Waals surface area contributed by atoms with Crippen molar-refractivity contribution in [3.63, 3.8) is 0 Å². The molecule has 1 aromatic carbocycles. The number of nitrogens with one attached hydrogen (secondary N) is 1. The zero-order valence-corrected chi connectivity index (χ0v) is 13.1. The third-order valence-corrected chi connectivity index (χ3v) is 3.27. The summed E-state index contributed by atoms with van der Waals surface area (Å²) >= 11 is 0. The van der Waals surface area contributed by atoms with Gasteiger partial charge in [-0.05, 0) is 30.7 Å². The van der Waals surface area contributed by atoms with Crippen LogP contribution in [0.1, 0.15) is 24.1 Å². The van der Waals surface area contributed by atoms with Crippen LogP contribution < -0.4 is 10.1 Å². The Morgan fingerprint density at radius 3 is 2.70 bits per heavy atom. The van der Waals surface area contributed by atoms with Crippen molar-refractivity contribution in [2.75, 3.05) is 13.7 Å². The molecule has 1 atom stereocenters. The third kappa shape index (κ3) is 4.50. The molecule has 2 rings (SSSR count). The highest BCUT2D eigenvalue weighted by molar-refractivity contribution is 5.77. The maximum Gasteiger partial charge on any atom is 0.327 e. The molecule has 0 fully saturated rings. The van der Waals surface area contributed by atoms with Crippen molar-refractivity contribution < 1.29 is 18.7 Å². The van der Waals surface area contributed by atoms with Crippen LogP contribution in [0.2, 0.25) is 0 Å². The molecule has 1 aromatic heterocycles. The first-order valence-corrected chi connectivity index (χ1v) is 7.29. The number of benzene rings is 1. The molecule has 0 unspecified atom stereocenters. The average Bonchev–Trinajstić information content (AvgIpc) is 2.58. The van der Waals surface area contributed by atoms with E-state index in [0.717, 1.165) is 5.56 Å².